The van der Waals surface area contributed by atoms with Gasteiger partial charge in [0.15, 0.2) is 5.82 Å². The number of hydrogen-bond acceptors (Lipinski definition) is 4. The summed E-state index contributed by atoms with van der Waals surface area (Å²) in [5, 5.41) is 12.6. The fourth-order valence-corrected chi connectivity index (χ4v) is 4.31. The van der Waals surface area contributed by atoms with Crippen molar-refractivity contribution >= 4 is 23.4 Å². The van der Waals surface area contributed by atoms with Gasteiger partial charge < -0.3 is 15.0 Å². The fraction of sp³-hybridized carbons (Fsp3) is 0.261. The highest BCUT2D eigenvalue weighted by Crippen LogP contribution is 2.44. The monoisotopic (exact) mass is 417 g/mol. The smallest absolute Gasteiger partial charge is 0.324 e. The fourth-order valence-electron chi connectivity index (χ4n) is 4.31. The zero-order chi connectivity index (χ0) is 21.2. The average Bonchev–Trinajstić information content (AvgIpc) is 3.48. The number of benzene rings is 2. The van der Waals surface area contributed by atoms with Crippen LogP contribution in [0.3, 0.4) is 0 Å². The lowest BCUT2D eigenvalue weighted by atomic mass is 10.0. The maximum atomic E-state index is 12.6. The first-order valence-electron chi connectivity index (χ1n) is 10.4. The maximum absolute atomic E-state index is 12.6. The number of anilines is 2. The van der Waals surface area contributed by atoms with E-state index in [1.54, 1.807) is 12.1 Å². The third-order valence-electron chi connectivity index (χ3n) is 5.67. The van der Waals surface area contributed by atoms with E-state index in [1.165, 1.54) is 0 Å². The van der Waals surface area contributed by atoms with Crippen LogP contribution >= 0.6 is 0 Å². The second kappa shape index (κ2) is 8.23. The first kappa shape index (κ1) is 19.3. The van der Waals surface area contributed by atoms with Crippen LogP contribution in [0.1, 0.15) is 46.1 Å². The summed E-state index contributed by atoms with van der Waals surface area (Å²) in [6.45, 7) is 1.63. The number of carbonyl (C=O) groups excluding carboxylic acids is 2. The van der Waals surface area contributed by atoms with Crippen molar-refractivity contribution < 1.29 is 14.3 Å². The third kappa shape index (κ3) is 3.89. The molecule has 5 rings (SSSR count). The van der Waals surface area contributed by atoms with Crippen molar-refractivity contribution in [3.63, 3.8) is 0 Å². The Balaban J connectivity index is 1.19. The van der Waals surface area contributed by atoms with E-state index in [0.29, 0.717) is 30.3 Å². The number of ether oxygens (including phenoxy) is 1. The second-order valence-electron chi connectivity index (χ2n) is 7.76. The minimum Gasteiger partial charge on any atom is -0.371 e. The van der Waals surface area contributed by atoms with Crippen LogP contribution in [0.15, 0.2) is 54.6 Å². The number of fused-ring (bicyclic) bond motifs is 3. The Morgan fingerprint density at radius 2 is 2.00 bits per heavy atom. The van der Waals surface area contributed by atoms with Crippen molar-refractivity contribution in [2.45, 2.75) is 32.1 Å². The van der Waals surface area contributed by atoms with E-state index < -0.39 is 6.03 Å². The number of hydrogen-bond donors (Lipinski definition) is 3. The zero-order valence-electron chi connectivity index (χ0n) is 16.9. The highest BCUT2D eigenvalue weighted by molar-refractivity contribution is 6.05. The minimum atomic E-state index is -0.402. The number of amides is 3. The van der Waals surface area contributed by atoms with Gasteiger partial charge in [0, 0.05) is 29.4 Å². The van der Waals surface area contributed by atoms with Gasteiger partial charge in [0.25, 0.3) is 5.91 Å². The first-order chi connectivity index (χ1) is 15.2. The number of nitrogens with one attached hydrogen (secondary N) is 3. The molecule has 158 valence electrons. The molecule has 31 heavy (non-hydrogen) atoms. The van der Waals surface area contributed by atoms with Crippen molar-refractivity contribution in [1.29, 1.82) is 0 Å². The molecular weight excluding hydrogens is 394 g/mol. The highest BCUT2D eigenvalue weighted by atomic mass is 16.5. The molecule has 8 nitrogen and oxygen atoms in total. The second-order valence-corrected chi connectivity index (χ2v) is 7.76. The van der Waals surface area contributed by atoms with Crippen LogP contribution in [0.5, 0.6) is 0 Å². The molecule has 1 unspecified atom stereocenters. The summed E-state index contributed by atoms with van der Waals surface area (Å²) >= 11 is 0. The van der Waals surface area contributed by atoms with Gasteiger partial charge in [-0.1, -0.05) is 36.4 Å². The van der Waals surface area contributed by atoms with Gasteiger partial charge >= 0.3 is 6.03 Å². The zero-order valence-corrected chi connectivity index (χ0v) is 16.9. The number of carbonyl (C=O) groups is 2. The molecule has 3 N–H and O–H groups in total. The molecule has 1 saturated heterocycles. The summed E-state index contributed by atoms with van der Waals surface area (Å²) in [6, 6.07) is 16.8. The molecule has 1 fully saturated rings. The van der Waals surface area contributed by atoms with Crippen LogP contribution in [0.4, 0.5) is 16.3 Å². The lowest BCUT2D eigenvalue weighted by molar-refractivity contribution is 0.0776. The van der Waals surface area contributed by atoms with Crippen LogP contribution in [-0.4, -0.2) is 33.6 Å². The van der Waals surface area contributed by atoms with Crippen molar-refractivity contribution in [2.24, 2.45) is 0 Å². The molecule has 2 aromatic carbocycles. The Morgan fingerprint density at radius 3 is 2.87 bits per heavy atom. The lowest BCUT2D eigenvalue weighted by Gasteiger charge is -2.17. The van der Waals surface area contributed by atoms with Gasteiger partial charge in [-0.2, -0.15) is 5.10 Å². The molecule has 2 aliphatic rings. The number of rotatable bonds is 6. The average molecular weight is 417 g/mol. The lowest BCUT2D eigenvalue weighted by Crippen LogP contribution is -2.23. The summed E-state index contributed by atoms with van der Waals surface area (Å²) in [5.41, 5.74) is 4.12. The summed E-state index contributed by atoms with van der Waals surface area (Å²) in [5.74, 6) is 0.455. The molecular formula is C23H23N5O3. The molecule has 2 aliphatic heterocycles. The predicted octanol–water partition coefficient (Wildman–Crippen LogP) is 4.06. The Labute approximate surface area is 179 Å². The van der Waals surface area contributed by atoms with Gasteiger partial charge in [-0.05, 0) is 30.5 Å². The van der Waals surface area contributed by atoms with Crippen LogP contribution < -0.4 is 10.6 Å². The minimum absolute atomic E-state index is 0.0500. The number of aromatic amines is 1. The molecule has 0 aliphatic carbocycles. The van der Waals surface area contributed by atoms with E-state index >= 15 is 0 Å². The molecule has 3 heterocycles. The number of aromatic nitrogens is 2. The van der Waals surface area contributed by atoms with Crippen molar-refractivity contribution in [3.8, 4) is 0 Å². The first-order valence-corrected chi connectivity index (χ1v) is 10.4. The quantitative estimate of drug-likeness (QED) is 0.563. The van der Waals surface area contributed by atoms with Crippen LogP contribution in [0, 0.1) is 0 Å². The predicted molar refractivity (Wildman–Crippen MR) is 116 cm³/mol. The summed E-state index contributed by atoms with van der Waals surface area (Å²) < 4.78 is 5.68. The van der Waals surface area contributed by atoms with Crippen LogP contribution in [-0.2, 0) is 18.0 Å². The summed E-state index contributed by atoms with van der Waals surface area (Å²) in [6.07, 6.45) is 1.91. The number of urea groups is 1. The molecule has 3 aromatic rings. The van der Waals surface area contributed by atoms with Crippen LogP contribution in [0.25, 0.3) is 0 Å². The van der Waals surface area contributed by atoms with Crippen molar-refractivity contribution in [2.75, 3.05) is 17.2 Å². The molecule has 0 spiro atoms. The van der Waals surface area contributed by atoms with Gasteiger partial charge in [-0.25, -0.2) is 4.79 Å². The van der Waals surface area contributed by atoms with E-state index in [4.69, 9.17) is 4.74 Å². The van der Waals surface area contributed by atoms with Gasteiger partial charge in [-0.15, -0.1) is 0 Å². The largest absolute Gasteiger partial charge is 0.371 e. The Morgan fingerprint density at radius 1 is 1.13 bits per heavy atom. The van der Waals surface area contributed by atoms with Gasteiger partial charge in [0.05, 0.1) is 24.9 Å². The molecule has 0 radical (unpaired) electrons. The summed E-state index contributed by atoms with van der Waals surface area (Å²) in [4.78, 5) is 27.0. The Hall–Kier alpha value is -3.65. The van der Waals surface area contributed by atoms with Crippen molar-refractivity contribution in [1.82, 2.24) is 15.1 Å². The Kier molecular flexibility index (Phi) is 5.13. The summed E-state index contributed by atoms with van der Waals surface area (Å²) in [7, 11) is 0. The van der Waals surface area contributed by atoms with E-state index in [2.05, 4.69) is 20.8 Å². The van der Waals surface area contributed by atoms with Crippen LogP contribution in [0.2, 0.25) is 0 Å². The molecule has 8 heteroatoms. The van der Waals surface area contributed by atoms with E-state index in [9.17, 15) is 9.59 Å². The van der Waals surface area contributed by atoms with E-state index in [-0.39, 0.29) is 11.9 Å². The molecule has 0 saturated carbocycles. The third-order valence-corrected chi connectivity index (χ3v) is 5.67. The molecule has 0 bridgehead atoms. The number of nitrogens with zero attached hydrogens (tertiary/aromatic N) is 2. The topological polar surface area (TPSA) is 99.3 Å². The molecule has 3 amide bonds. The number of H-pyrrole nitrogens is 1. The SMILES string of the molecule is O=C(Nc1cc(COCc2ccccc2)[nH]n1)Nc1cccc2c1C1CCCN1C2=O. The standard InChI is InChI=1S/C23H23N5O3/c29-22-17-8-4-9-18(21(17)19-10-5-11-28(19)22)24-23(30)25-20-12-16(26-27-20)14-31-13-15-6-2-1-3-7-15/h1-4,6-9,12,19H,5,10-11,13-14H2,(H3,24,25,26,27,30). The van der Waals surface area contributed by atoms with E-state index in [0.717, 1.165) is 36.2 Å². The normalized spacial score (nSPS) is 16.8. The molecule has 1 aromatic heterocycles. The van der Waals surface area contributed by atoms with E-state index in [1.807, 2.05) is 47.4 Å². The van der Waals surface area contributed by atoms with Crippen molar-refractivity contribution in [3.05, 3.63) is 77.0 Å². The molecule has 1 atom stereocenters. The van der Waals surface area contributed by atoms with Gasteiger partial charge in [-0.3, -0.25) is 15.2 Å². The Bertz CT molecular complexity index is 1110. The van der Waals surface area contributed by atoms with Gasteiger partial charge in [0.2, 0.25) is 0 Å². The highest BCUT2D eigenvalue weighted by Gasteiger charge is 2.41. The van der Waals surface area contributed by atoms with Gasteiger partial charge in [0.1, 0.15) is 0 Å². The maximum Gasteiger partial charge on any atom is 0.324 e.